The zero-order valence-electron chi connectivity index (χ0n) is 9.84. The molecule has 0 aliphatic heterocycles. The molecule has 0 aromatic heterocycles. The Labute approximate surface area is 93.7 Å². The molecule has 0 aromatic rings. The average molecular weight is 211 g/mol. The predicted molar refractivity (Wildman–Crippen MR) is 62.5 cm³/mol. The third-order valence-corrected chi connectivity index (χ3v) is 3.93. The highest BCUT2D eigenvalue weighted by atomic mass is 16.7. The van der Waals surface area contributed by atoms with Crippen molar-refractivity contribution >= 4 is 0 Å². The minimum atomic E-state index is 0.511. The van der Waals surface area contributed by atoms with Gasteiger partial charge in [0.05, 0.1) is 6.10 Å². The molecule has 2 nitrogen and oxygen atoms in total. The molecule has 2 heteroatoms. The van der Waals surface area contributed by atoms with Gasteiger partial charge in [0, 0.05) is 6.54 Å². The summed E-state index contributed by atoms with van der Waals surface area (Å²) >= 11 is 0. The van der Waals surface area contributed by atoms with E-state index in [1.807, 2.05) is 0 Å². The molecule has 2 aliphatic rings. The molecule has 0 bridgehead atoms. The first-order chi connectivity index (χ1) is 7.45. The average Bonchev–Trinajstić information content (AvgIpc) is 2.79. The number of nitrogens with one attached hydrogen (secondary N) is 1. The van der Waals surface area contributed by atoms with Gasteiger partial charge in [-0.3, -0.25) is 4.84 Å². The van der Waals surface area contributed by atoms with Gasteiger partial charge < -0.3 is 0 Å². The topological polar surface area (TPSA) is 21.3 Å². The number of hydrogen-bond donors (Lipinski definition) is 1. The van der Waals surface area contributed by atoms with Crippen molar-refractivity contribution in [1.29, 1.82) is 0 Å². The lowest BCUT2D eigenvalue weighted by Gasteiger charge is -2.21. The Morgan fingerprint density at radius 2 is 1.53 bits per heavy atom. The molecule has 2 rings (SSSR count). The van der Waals surface area contributed by atoms with Crippen LogP contribution in [-0.2, 0) is 4.84 Å². The van der Waals surface area contributed by atoms with Crippen molar-refractivity contribution in [3.05, 3.63) is 0 Å². The Kier molecular flexibility index (Phi) is 4.94. The lowest BCUT2D eigenvalue weighted by Crippen LogP contribution is -2.24. The first-order valence-corrected chi connectivity index (χ1v) is 6.83. The van der Waals surface area contributed by atoms with E-state index in [9.17, 15) is 0 Å². The second kappa shape index (κ2) is 6.49. The maximum absolute atomic E-state index is 5.64. The van der Waals surface area contributed by atoms with Crippen LogP contribution < -0.4 is 5.48 Å². The van der Waals surface area contributed by atoms with Gasteiger partial charge >= 0.3 is 0 Å². The summed E-state index contributed by atoms with van der Waals surface area (Å²) in [4.78, 5) is 5.64. The van der Waals surface area contributed by atoms with Gasteiger partial charge in [0.1, 0.15) is 0 Å². The second-order valence-electron chi connectivity index (χ2n) is 5.21. The molecule has 88 valence electrons. The molecule has 2 aliphatic carbocycles. The van der Waals surface area contributed by atoms with Crippen LogP contribution in [-0.4, -0.2) is 12.6 Å². The Morgan fingerprint density at radius 1 is 0.867 bits per heavy atom. The van der Waals surface area contributed by atoms with Gasteiger partial charge in [-0.2, -0.15) is 0 Å². The van der Waals surface area contributed by atoms with Crippen molar-refractivity contribution in [3.8, 4) is 0 Å². The second-order valence-corrected chi connectivity index (χ2v) is 5.21. The maximum Gasteiger partial charge on any atom is 0.0790 e. The van der Waals surface area contributed by atoms with Gasteiger partial charge in [0.25, 0.3) is 0 Å². The van der Waals surface area contributed by atoms with Gasteiger partial charge in [0.2, 0.25) is 0 Å². The van der Waals surface area contributed by atoms with Crippen LogP contribution in [0.5, 0.6) is 0 Å². The SMILES string of the molecule is C1CCC(CCNOC2CCCC2)CC1. The molecule has 0 heterocycles. The van der Waals surface area contributed by atoms with Gasteiger partial charge in [-0.25, -0.2) is 5.48 Å². The maximum atomic E-state index is 5.64. The molecule has 0 unspecified atom stereocenters. The highest BCUT2D eigenvalue weighted by molar-refractivity contribution is 4.67. The largest absolute Gasteiger partial charge is 0.299 e. The molecule has 15 heavy (non-hydrogen) atoms. The van der Waals surface area contributed by atoms with Crippen LogP contribution >= 0.6 is 0 Å². The summed E-state index contributed by atoms with van der Waals surface area (Å²) in [6.45, 7) is 1.06. The van der Waals surface area contributed by atoms with Crippen LogP contribution in [0.1, 0.15) is 64.2 Å². The molecule has 0 saturated heterocycles. The van der Waals surface area contributed by atoms with Crippen LogP contribution in [0.2, 0.25) is 0 Å². The van der Waals surface area contributed by atoms with Crippen molar-refractivity contribution in [2.45, 2.75) is 70.3 Å². The van der Waals surface area contributed by atoms with Gasteiger partial charge in [-0.15, -0.1) is 0 Å². The van der Waals surface area contributed by atoms with Crippen LogP contribution in [0.4, 0.5) is 0 Å². The zero-order chi connectivity index (χ0) is 10.3. The number of hydrogen-bond acceptors (Lipinski definition) is 2. The molecule has 0 aromatic carbocycles. The van der Waals surface area contributed by atoms with E-state index in [0.29, 0.717) is 6.10 Å². The summed E-state index contributed by atoms with van der Waals surface area (Å²) in [5.41, 5.74) is 3.17. The molecule has 0 radical (unpaired) electrons. The van der Waals surface area contributed by atoms with Gasteiger partial charge in [-0.05, 0) is 25.2 Å². The van der Waals surface area contributed by atoms with E-state index in [0.717, 1.165) is 12.5 Å². The summed E-state index contributed by atoms with van der Waals surface area (Å²) < 4.78 is 0. The highest BCUT2D eigenvalue weighted by Gasteiger charge is 2.16. The minimum absolute atomic E-state index is 0.511. The molecular weight excluding hydrogens is 186 g/mol. The summed E-state index contributed by atoms with van der Waals surface area (Å²) in [5.74, 6) is 0.971. The molecule has 0 spiro atoms. The molecule has 0 atom stereocenters. The van der Waals surface area contributed by atoms with Crippen LogP contribution in [0.25, 0.3) is 0 Å². The Hall–Kier alpha value is -0.0800. The fourth-order valence-corrected chi connectivity index (χ4v) is 2.92. The van der Waals surface area contributed by atoms with Gasteiger partial charge in [0.15, 0.2) is 0 Å². The molecular formula is C13H25NO. The summed E-state index contributed by atoms with van der Waals surface area (Å²) in [6.07, 6.45) is 14.3. The van der Waals surface area contributed by atoms with E-state index in [4.69, 9.17) is 4.84 Å². The van der Waals surface area contributed by atoms with Crippen LogP contribution in [0.15, 0.2) is 0 Å². The Morgan fingerprint density at radius 3 is 2.27 bits per heavy atom. The minimum Gasteiger partial charge on any atom is -0.299 e. The third-order valence-electron chi connectivity index (χ3n) is 3.93. The fourth-order valence-electron chi connectivity index (χ4n) is 2.92. The van der Waals surface area contributed by atoms with E-state index in [1.54, 1.807) is 0 Å². The molecule has 2 fully saturated rings. The van der Waals surface area contributed by atoms with E-state index < -0.39 is 0 Å². The van der Waals surface area contributed by atoms with E-state index in [-0.39, 0.29) is 0 Å². The fraction of sp³-hybridized carbons (Fsp3) is 1.00. The van der Waals surface area contributed by atoms with Crippen molar-refractivity contribution in [2.75, 3.05) is 6.54 Å². The van der Waals surface area contributed by atoms with Crippen LogP contribution in [0.3, 0.4) is 0 Å². The zero-order valence-corrected chi connectivity index (χ0v) is 9.84. The summed E-state index contributed by atoms with van der Waals surface area (Å²) in [5, 5.41) is 0. The molecule has 0 amide bonds. The lowest BCUT2D eigenvalue weighted by molar-refractivity contribution is -0.0229. The Balaban J connectivity index is 1.47. The Bertz CT molecular complexity index is 160. The monoisotopic (exact) mass is 211 g/mol. The van der Waals surface area contributed by atoms with Crippen molar-refractivity contribution in [1.82, 2.24) is 5.48 Å². The lowest BCUT2D eigenvalue weighted by atomic mass is 9.87. The van der Waals surface area contributed by atoms with E-state index >= 15 is 0 Å². The van der Waals surface area contributed by atoms with Crippen LogP contribution in [0, 0.1) is 5.92 Å². The molecule has 2 saturated carbocycles. The summed E-state index contributed by atoms with van der Waals surface area (Å²) in [6, 6.07) is 0. The highest BCUT2D eigenvalue weighted by Crippen LogP contribution is 2.26. The standard InChI is InChI=1S/C13H25NO/c1-2-6-12(7-3-1)10-11-14-15-13-8-4-5-9-13/h12-14H,1-11H2. The number of hydroxylamine groups is 1. The van der Waals surface area contributed by atoms with Crippen molar-refractivity contribution in [3.63, 3.8) is 0 Å². The third kappa shape index (κ3) is 4.12. The number of rotatable bonds is 5. The first-order valence-electron chi connectivity index (χ1n) is 6.83. The van der Waals surface area contributed by atoms with E-state index in [1.165, 1.54) is 64.2 Å². The smallest absolute Gasteiger partial charge is 0.0790 e. The van der Waals surface area contributed by atoms with Crippen molar-refractivity contribution < 1.29 is 4.84 Å². The summed E-state index contributed by atoms with van der Waals surface area (Å²) in [7, 11) is 0. The normalized spacial score (nSPS) is 24.8. The van der Waals surface area contributed by atoms with E-state index in [2.05, 4.69) is 5.48 Å². The van der Waals surface area contributed by atoms with Crippen molar-refractivity contribution in [2.24, 2.45) is 5.92 Å². The quantitative estimate of drug-likeness (QED) is 0.556. The first kappa shape index (κ1) is 11.4. The molecule has 1 N–H and O–H groups in total. The predicted octanol–water partition coefficient (Wildman–Crippen LogP) is 3.42. The van der Waals surface area contributed by atoms with Gasteiger partial charge in [-0.1, -0.05) is 44.9 Å².